The van der Waals surface area contributed by atoms with Crippen LogP contribution in [0.1, 0.15) is 0 Å². The van der Waals surface area contributed by atoms with Crippen molar-refractivity contribution in [3.05, 3.63) is 60.7 Å². The number of nitrogens with one attached hydrogen (secondary N) is 1. The van der Waals surface area contributed by atoms with Gasteiger partial charge in [-0.1, -0.05) is 36.4 Å². The fourth-order valence-electron chi connectivity index (χ4n) is 1.54. The number of rotatable bonds is 2. The Morgan fingerprint density at radius 2 is 1.00 bits per heavy atom. The standard InChI is InChI=1S/C13H13N/c1-14(12-8-4-2-5-9-12)13-10-6-3-7-11-13/h2-11H,1H3/p+1. The molecule has 0 aliphatic carbocycles. The number of benzene rings is 2. The van der Waals surface area contributed by atoms with Crippen LogP contribution >= 0.6 is 0 Å². The van der Waals surface area contributed by atoms with E-state index in [4.69, 9.17) is 0 Å². The molecule has 0 saturated carbocycles. The lowest BCUT2D eigenvalue weighted by Gasteiger charge is -2.12. The fraction of sp³-hybridized carbons (Fsp3) is 0.0769. The largest absolute Gasteiger partial charge is 0.273 e. The van der Waals surface area contributed by atoms with Crippen LogP contribution in [0.2, 0.25) is 0 Å². The molecule has 0 aliphatic heterocycles. The highest BCUT2D eigenvalue weighted by atomic mass is 15.1. The minimum absolute atomic E-state index is 1.29. The Morgan fingerprint density at radius 1 is 0.643 bits per heavy atom. The van der Waals surface area contributed by atoms with E-state index < -0.39 is 0 Å². The zero-order chi connectivity index (χ0) is 9.80. The molecule has 0 aliphatic rings. The molecule has 1 heteroatoms. The molecule has 2 rings (SSSR count). The third-order valence-electron chi connectivity index (χ3n) is 2.41. The second kappa shape index (κ2) is 4.07. The van der Waals surface area contributed by atoms with E-state index in [0.29, 0.717) is 0 Å². The smallest absolute Gasteiger partial charge is 0.136 e. The van der Waals surface area contributed by atoms with Crippen molar-refractivity contribution in [2.45, 2.75) is 0 Å². The van der Waals surface area contributed by atoms with Gasteiger partial charge in [0.05, 0.1) is 7.05 Å². The molecule has 0 spiro atoms. The molecule has 0 saturated heterocycles. The highest BCUT2D eigenvalue weighted by Crippen LogP contribution is 2.05. The Bertz CT molecular complexity index is 341. The predicted octanol–water partition coefficient (Wildman–Crippen LogP) is 2.16. The summed E-state index contributed by atoms with van der Waals surface area (Å²) in [6.45, 7) is 0. The first-order valence-corrected chi connectivity index (χ1v) is 4.82. The molecule has 2 aromatic rings. The molecule has 0 heterocycles. The summed E-state index contributed by atoms with van der Waals surface area (Å²) >= 11 is 0. The molecule has 2 aromatic carbocycles. The van der Waals surface area contributed by atoms with Crippen molar-refractivity contribution >= 4 is 11.4 Å². The lowest BCUT2D eigenvalue weighted by Crippen LogP contribution is -2.98. The van der Waals surface area contributed by atoms with E-state index in [9.17, 15) is 0 Å². The Balaban J connectivity index is 2.30. The van der Waals surface area contributed by atoms with Crippen molar-refractivity contribution in [2.24, 2.45) is 0 Å². The van der Waals surface area contributed by atoms with Gasteiger partial charge in [-0.15, -0.1) is 0 Å². The minimum atomic E-state index is 1.29. The Labute approximate surface area is 84.6 Å². The molecule has 0 fully saturated rings. The van der Waals surface area contributed by atoms with Crippen LogP contribution in [0.15, 0.2) is 60.7 Å². The Kier molecular flexibility index (Phi) is 2.61. The van der Waals surface area contributed by atoms with Crippen molar-refractivity contribution in [1.29, 1.82) is 0 Å². The van der Waals surface area contributed by atoms with Gasteiger partial charge in [0.2, 0.25) is 0 Å². The summed E-state index contributed by atoms with van der Waals surface area (Å²) in [7, 11) is 2.16. The molecule has 1 nitrogen and oxygen atoms in total. The predicted molar refractivity (Wildman–Crippen MR) is 59.1 cm³/mol. The monoisotopic (exact) mass is 184 g/mol. The molecule has 0 atom stereocenters. The van der Waals surface area contributed by atoms with Crippen molar-refractivity contribution in [3.63, 3.8) is 0 Å². The van der Waals surface area contributed by atoms with E-state index in [1.165, 1.54) is 16.3 Å². The molecular formula is C13H14N+. The van der Waals surface area contributed by atoms with E-state index in [0.717, 1.165) is 0 Å². The summed E-state index contributed by atoms with van der Waals surface area (Å²) in [6, 6.07) is 20.9. The molecular weight excluding hydrogens is 170 g/mol. The van der Waals surface area contributed by atoms with Crippen LogP contribution in [-0.2, 0) is 0 Å². The third kappa shape index (κ3) is 1.83. The zero-order valence-corrected chi connectivity index (χ0v) is 8.27. The van der Waals surface area contributed by atoms with Crippen LogP contribution in [0.3, 0.4) is 0 Å². The second-order valence-electron chi connectivity index (χ2n) is 3.36. The van der Waals surface area contributed by atoms with Crippen LogP contribution in [0.5, 0.6) is 0 Å². The number of hydrogen-bond donors (Lipinski definition) is 1. The highest BCUT2D eigenvalue weighted by Gasteiger charge is 2.07. The van der Waals surface area contributed by atoms with Crippen molar-refractivity contribution in [3.8, 4) is 0 Å². The molecule has 0 amide bonds. The molecule has 1 N–H and O–H groups in total. The van der Waals surface area contributed by atoms with Crippen molar-refractivity contribution in [2.75, 3.05) is 7.05 Å². The van der Waals surface area contributed by atoms with E-state index in [-0.39, 0.29) is 0 Å². The highest BCUT2D eigenvalue weighted by molar-refractivity contribution is 5.36. The van der Waals surface area contributed by atoms with E-state index in [2.05, 4.69) is 55.6 Å². The first kappa shape index (κ1) is 8.97. The van der Waals surface area contributed by atoms with Gasteiger partial charge in [-0.25, -0.2) is 0 Å². The van der Waals surface area contributed by atoms with Crippen LogP contribution in [-0.4, -0.2) is 7.05 Å². The molecule has 0 radical (unpaired) electrons. The topological polar surface area (TPSA) is 4.44 Å². The average Bonchev–Trinajstić information content (AvgIpc) is 2.30. The van der Waals surface area contributed by atoms with Crippen molar-refractivity contribution in [1.82, 2.24) is 0 Å². The average molecular weight is 184 g/mol. The summed E-state index contributed by atoms with van der Waals surface area (Å²) in [4.78, 5) is 1.33. The van der Waals surface area contributed by atoms with Crippen LogP contribution in [0.4, 0.5) is 11.4 Å². The molecule has 0 aromatic heterocycles. The summed E-state index contributed by atoms with van der Waals surface area (Å²) in [5.74, 6) is 0. The lowest BCUT2D eigenvalue weighted by atomic mass is 10.2. The second-order valence-corrected chi connectivity index (χ2v) is 3.36. The van der Waals surface area contributed by atoms with Gasteiger partial charge in [0.15, 0.2) is 0 Å². The maximum atomic E-state index is 2.16. The third-order valence-corrected chi connectivity index (χ3v) is 2.41. The van der Waals surface area contributed by atoms with Crippen LogP contribution in [0, 0.1) is 0 Å². The van der Waals surface area contributed by atoms with Crippen LogP contribution in [0.25, 0.3) is 0 Å². The maximum Gasteiger partial charge on any atom is 0.136 e. The zero-order valence-electron chi connectivity index (χ0n) is 8.27. The Morgan fingerprint density at radius 3 is 1.36 bits per heavy atom. The maximum absolute atomic E-state index is 2.16. The summed E-state index contributed by atoms with van der Waals surface area (Å²) in [6.07, 6.45) is 0. The van der Waals surface area contributed by atoms with Gasteiger partial charge in [0.1, 0.15) is 11.4 Å². The van der Waals surface area contributed by atoms with E-state index in [1.807, 2.05) is 12.1 Å². The van der Waals surface area contributed by atoms with Crippen molar-refractivity contribution < 1.29 is 4.90 Å². The number of hydrogen-bond acceptors (Lipinski definition) is 0. The SMILES string of the molecule is C[NH+](c1ccccc1)c1ccccc1. The van der Waals surface area contributed by atoms with Gasteiger partial charge >= 0.3 is 0 Å². The lowest BCUT2D eigenvalue weighted by molar-refractivity contribution is -0.735. The number of para-hydroxylation sites is 2. The summed E-state index contributed by atoms with van der Waals surface area (Å²) < 4.78 is 0. The van der Waals surface area contributed by atoms with Gasteiger partial charge < -0.3 is 0 Å². The first-order valence-electron chi connectivity index (χ1n) is 4.82. The van der Waals surface area contributed by atoms with Gasteiger partial charge in [0, 0.05) is 0 Å². The van der Waals surface area contributed by atoms with Gasteiger partial charge in [-0.2, -0.15) is 0 Å². The molecule has 0 unspecified atom stereocenters. The fourth-order valence-corrected chi connectivity index (χ4v) is 1.54. The van der Waals surface area contributed by atoms with Gasteiger partial charge in [0.25, 0.3) is 0 Å². The quantitative estimate of drug-likeness (QED) is 0.729. The first-order chi connectivity index (χ1) is 6.88. The molecule has 70 valence electrons. The molecule has 0 bridgehead atoms. The normalized spacial score (nSPS) is 10.4. The summed E-state index contributed by atoms with van der Waals surface area (Å²) in [5.41, 5.74) is 2.58. The van der Waals surface area contributed by atoms with E-state index in [1.54, 1.807) is 0 Å². The van der Waals surface area contributed by atoms with Crippen LogP contribution < -0.4 is 4.90 Å². The molecule has 14 heavy (non-hydrogen) atoms. The number of quaternary nitrogens is 1. The van der Waals surface area contributed by atoms with Gasteiger partial charge in [-0.3, -0.25) is 4.90 Å². The van der Waals surface area contributed by atoms with E-state index >= 15 is 0 Å². The van der Waals surface area contributed by atoms with Gasteiger partial charge in [-0.05, 0) is 24.3 Å². The summed E-state index contributed by atoms with van der Waals surface area (Å²) in [5, 5.41) is 0. The minimum Gasteiger partial charge on any atom is -0.273 e. The Hall–Kier alpha value is -1.60.